The molecule has 3 aromatic carbocycles. The Morgan fingerprint density at radius 1 is 1.03 bits per heavy atom. The molecular formula is C27H33N3O2S. The van der Waals surface area contributed by atoms with Crippen LogP contribution in [0.1, 0.15) is 23.1 Å². The first-order valence-electron chi connectivity index (χ1n) is 11.2. The smallest absolute Gasteiger partial charge is 0.137 e. The summed E-state index contributed by atoms with van der Waals surface area (Å²) < 4.78 is 5.63. The number of hydrogen-bond acceptors (Lipinski definition) is 5. The minimum absolute atomic E-state index is 0.263. The van der Waals surface area contributed by atoms with Crippen molar-refractivity contribution in [1.82, 2.24) is 4.98 Å². The normalized spacial score (nSPS) is 11.7. The summed E-state index contributed by atoms with van der Waals surface area (Å²) in [4.78, 5) is 4.24. The number of benzene rings is 3. The van der Waals surface area contributed by atoms with Crippen LogP contribution in [0.25, 0.3) is 22.0 Å². The fourth-order valence-electron chi connectivity index (χ4n) is 3.88. The standard InChI is InChI=1S/C15H15NOS.C11H13NO.CH5N/c1-10-2-4-11(5-3-10)13-8-12-6-7-17-15(12)14(9-13)18-16;13-7-3-4-9-8-12-11-6-2-1-5-10(9)11;1-2/h2-5,8-9H,6-7,16H2,1H3;1-2,5-6,8,12-13H,3-4,7H2;2H2,1H3. The minimum Gasteiger partial charge on any atom is -0.492 e. The fraction of sp³-hybridized carbons (Fsp3) is 0.259. The number of aliphatic hydroxyl groups excluding tert-OH is 1. The lowest BCUT2D eigenvalue weighted by molar-refractivity contribution is 0.289. The molecule has 33 heavy (non-hydrogen) atoms. The van der Waals surface area contributed by atoms with Crippen molar-refractivity contribution in [3.05, 3.63) is 83.6 Å². The largest absolute Gasteiger partial charge is 0.492 e. The van der Waals surface area contributed by atoms with Crippen molar-refractivity contribution >= 4 is 22.9 Å². The van der Waals surface area contributed by atoms with Crippen LogP contribution in [0.4, 0.5) is 0 Å². The van der Waals surface area contributed by atoms with Gasteiger partial charge in [0.05, 0.1) is 11.5 Å². The first-order valence-corrected chi connectivity index (χ1v) is 12.0. The summed E-state index contributed by atoms with van der Waals surface area (Å²) in [5.74, 6) is 0.971. The Morgan fingerprint density at radius 3 is 2.52 bits per heavy atom. The lowest BCUT2D eigenvalue weighted by atomic mass is 10.0. The van der Waals surface area contributed by atoms with Crippen LogP contribution in [-0.4, -0.2) is 30.4 Å². The second-order valence-electron chi connectivity index (χ2n) is 7.73. The number of aromatic amines is 1. The number of aryl methyl sites for hydroxylation is 2. The molecule has 0 unspecified atom stereocenters. The van der Waals surface area contributed by atoms with Crippen molar-refractivity contribution in [2.75, 3.05) is 20.3 Å². The van der Waals surface area contributed by atoms with E-state index in [0.717, 1.165) is 36.5 Å². The highest BCUT2D eigenvalue weighted by atomic mass is 32.2. The molecular weight excluding hydrogens is 430 g/mol. The van der Waals surface area contributed by atoms with Crippen LogP contribution in [0.5, 0.6) is 5.75 Å². The van der Waals surface area contributed by atoms with Crippen LogP contribution >= 0.6 is 11.9 Å². The number of fused-ring (bicyclic) bond motifs is 2. The van der Waals surface area contributed by atoms with Gasteiger partial charge in [0.2, 0.25) is 0 Å². The molecule has 0 bridgehead atoms. The second-order valence-corrected chi connectivity index (χ2v) is 8.41. The number of aromatic nitrogens is 1. The topological polar surface area (TPSA) is 97.3 Å². The zero-order valence-corrected chi connectivity index (χ0v) is 20.1. The minimum atomic E-state index is 0.263. The van der Waals surface area contributed by atoms with Crippen molar-refractivity contribution in [2.45, 2.75) is 31.1 Å². The lowest BCUT2D eigenvalue weighted by Crippen LogP contribution is -1.90. The molecule has 6 N–H and O–H groups in total. The molecule has 0 atom stereocenters. The molecule has 0 radical (unpaired) electrons. The molecule has 6 heteroatoms. The van der Waals surface area contributed by atoms with Crippen LogP contribution < -0.4 is 15.6 Å². The van der Waals surface area contributed by atoms with E-state index in [9.17, 15) is 0 Å². The van der Waals surface area contributed by atoms with E-state index in [1.54, 1.807) is 0 Å². The van der Waals surface area contributed by atoms with Gasteiger partial charge in [-0.15, -0.1) is 0 Å². The molecule has 0 amide bonds. The maximum Gasteiger partial charge on any atom is 0.137 e. The van der Waals surface area contributed by atoms with Gasteiger partial charge in [0.1, 0.15) is 5.75 Å². The molecule has 174 valence electrons. The molecule has 1 aromatic heterocycles. The highest BCUT2D eigenvalue weighted by Crippen LogP contribution is 2.38. The number of hydrogen-bond donors (Lipinski definition) is 4. The molecule has 0 fully saturated rings. The number of para-hydroxylation sites is 1. The van der Waals surface area contributed by atoms with Gasteiger partial charge in [-0.05, 0) is 79.2 Å². The van der Waals surface area contributed by atoms with Crippen LogP contribution in [0.3, 0.4) is 0 Å². The summed E-state index contributed by atoms with van der Waals surface area (Å²) in [6, 6.07) is 21.1. The first kappa shape index (κ1) is 24.9. The van der Waals surface area contributed by atoms with Crippen molar-refractivity contribution in [3.63, 3.8) is 0 Å². The van der Waals surface area contributed by atoms with Crippen LogP contribution in [-0.2, 0) is 12.8 Å². The Bertz CT molecular complexity index is 1160. The predicted octanol–water partition coefficient (Wildman–Crippen LogP) is 5.23. The number of ether oxygens (including phenoxy) is 1. The molecule has 2 heterocycles. The number of H-pyrrole nitrogens is 1. The number of aliphatic hydroxyl groups is 1. The van der Waals surface area contributed by atoms with Crippen LogP contribution in [0.2, 0.25) is 0 Å². The summed E-state index contributed by atoms with van der Waals surface area (Å²) in [7, 11) is 1.50. The van der Waals surface area contributed by atoms with Crippen LogP contribution in [0.15, 0.2) is 71.8 Å². The third-order valence-corrected chi connectivity index (χ3v) is 6.10. The third kappa shape index (κ3) is 6.18. The Hall–Kier alpha value is -2.77. The van der Waals surface area contributed by atoms with Gasteiger partial charge in [-0.3, -0.25) is 5.14 Å². The zero-order chi connectivity index (χ0) is 23.6. The number of nitrogens with two attached hydrogens (primary N) is 2. The average Bonchev–Trinajstić information content (AvgIpc) is 3.51. The van der Waals surface area contributed by atoms with E-state index >= 15 is 0 Å². The fourth-order valence-corrected chi connectivity index (χ4v) is 4.37. The van der Waals surface area contributed by atoms with Gasteiger partial charge < -0.3 is 20.6 Å². The van der Waals surface area contributed by atoms with Crippen LogP contribution in [0, 0.1) is 6.92 Å². The average molecular weight is 464 g/mol. The van der Waals surface area contributed by atoms with E-state index in [2.05, 4.69) is 66.2 Å². The van der Waals surface area contributed by atoms with E-state index < -0.39 is 0 Å². The third-order valence-electron chi connectivity index (χ3n) is 5.54. The molecule has 1 aliphatic rings. The SMILES string of the molecule is CN.Cc1ccc(-c2cc3c(c(SN)c2)OCC3)cc1.OCCCc1c[nH]c2ccccc12. The second kappa shape index (κ2) is 12.5. The molecule has 0 spiro atoms. The maximum atomic E-state index is 8.73. The molecule has 1 aliphatic heterocycles. The van der Waals surface area contributed by atoms with Gasteiger partial charge >= 0.3 is 0 Å². The highest BCUT2D eigenvalue weighted by molar-refractivity contribution is 7.97. The Kier molecular flexibility index (Phi) is 9.39. The summed E-state index contributed by atoms with van der Waals surface area (Å²) in [6.07, 6.45) is 4.78. The van der Waals surface area contributed by atoms with Gasteiger partial charge in [-0.25, -0.2) is 0 Å². The Labute approximate surface area is 200 Å². The van der Waals surface area contributed by atoms with E-state index in [1.807, 2.05) is 18.3 Å². The molecule has 5 nitrogen and oxygen atoms in total. The summed E-state index contributed by atoms with van der Waals surface area (Å²) in [5, 5.41) is 15.7. The van der Waals surface area contributed by atoms with Gasteiger partial charge in [-0.1, -0.05) is 48.0 Å². The van der Waals surface area contributed by atoms with Gasteiger partial charge in [0.15, 0.2) is 0 Å². The first-order chi connectivity index (χ1) is 16.2. The van der Waals surface area contributed by atoms with Crippen molar-refractivity contribution in [1.29, 1.82) is 0 Å². The lowest BCUT2D eigenvalue weighted by Gasteiger charge is -2.09. The highest BCUT2D eigenvalue weighted by Gasteiger charge is 2.18. The Morgan fingerprint density at radius 2 is 1.79 bits per heavy atom. The van der Waals surface area contributed by atoms with Crippen molar-refractivity contribution in [3.8, 4) is 16.9 Å². The van der Waals surface area contributed by atoms with E-state index in [-0.39, 0.29) is 6.61 Å². The van der Waals surface area contributed by atoms with Gasteiger partial charge in [-0.2, -0.15) is 0 Å². The van der Waals surface area contributed by atoms with E-state index in [0.29, 0.717) is 0 Å². The van der Waals surface area contributed by atoms with E-state index in [1.165, 1.54) is 57.7 Å². The molecule has 4 aromatic rings. The molecule has 5 rings (SSSR count). The predicted molar refractivity (Wildman–Crippen MR) is 140 cm³/mol. The quantitative estimate of drug-likeness (QED) is 0.304. The van der Waals surface area contributed by atoms with Crippen molar-refractivity contribution < 1.29 is 9.84 Å². The molecule has 0 saturated heterocycles. The van der Waals surface area contributed by atoms with Crippen molar-refractivity contribution in [2.24, 2.45) is 10.9 Å². The monoisotopic (exact) mass is 463 g/mol. The van der Waals surface area contributed by atoms with Gasteiger partial charge in [0, 0.05) is 30.1 Å². The summed E-state index contributed by atoms with van der Waals surface area (Å²) in [5.41, 5.74) is 12.0. The number of nitrogens with one attached hydrogen (secondary N) is 1. The number of rotatable bonds is 5. The molecule has 0 aliphatic carbocycles. The summed E-state index contributed by atoms with van der Waals surface area (Å²) >= 11 is 1.26. The van der Waals surface area contributed by atoms with E-state index in [4.69, 9.17) is 15.0 Å². The Balaban J connectivity index is 0.000000181. The maximum absolute atomic E-state index is 8.73. The molecule has 0 saturated carbocycles. The van der Waals surface area contributed by atoms with Gasteiger partial charge in [0.25, 0.3) is 0 Å². The zero-order valence-electron chi connectivity index (χ0n) is 19.3. The summed E-state index contributed by atoms with van der Waals surface area (Å²) in [6.45, 7) is 3.13.